The van der Waals surface area contributed by atoms with Crippen molar-refractivity contribution in [2.24, 2.45) is 0 Å². The number of nitrogens with one attached hydrogen (secondary N) is 1. The van der Waals surface area contributed by atoms with Gasteiger partial charge in [0.25, 0.3) is 5.91 Å². The zero-order valence-electron chi connectivity index (χ0n) is 18.8. The highest BCUT2D eigenvalue weighted by Gasteiger charge is 2.31. The van der Waals surface area contributed by atoms with Gasteiger partial charge in [0.2, 0.25) is 0 Å². The highest BCUT2D eigenvalue weighted by atomic mass is 16.2. The zero-order valence-corrected chi connectivity index (χ0v) is 18.8. The quantitative estimate of drug-likeness (QED) is 0.684. The first kappa shape index (κ1) is 21.3. The van der Waals surface area contributed by atoms with Crippen LogP contribution in [0.15, 0.2) is 84.9 Å². The Hall–Kier alpha value is -2.91. The van der Waals surface area contributed by atoms with Crippen molar-refractivity contribution in [2.45, 2.75) is 32.2 Å². The van der Waals surface area contributed by atoms with E-state index in [1.165, 1.54) is 21.6 Å². The van der Waals surface area contributed by atoms with Crippen LogP contribution in [0.25, 0.3) is 0 Å². The Bertz CT molecular complexity index is 943. The summed E-state index contributed by atoms with van der Waals surface area (Å²) in [4.78, 5) is 16.6. The van der Waals surface area contributed by atoms with E-state index in [-0.39, 0.29) is 11.3 Å². The van der Waals surface area contributed by atoms with Gasteiger partial charge in [0.1, 0.15) is 6.04 Å². The third-order valence-corrected chi connectivity index (χ3v) is 6.36. The Labute approximate surface area is 186 Å². The van der Waals surface area contributed by atoms with E-state index in [4.69, 9.17) is 0 Å². The third kappa shape index (κ3) is 4.88. The maximum Gasteiger partial charge on any atom is 0.254 e. The molecule has 1 heterocycles. The molecule has 0 bridgehead atoms. The monoisotopic (exact) mass is 413 g/mol. The molecule has 3 aromatic carbocycles. The average Bonchev–Trinajstić information content (AvgIpc) is 2.80. The molecule has 0 aromatic heterocycles. The minimum absolute atomic E-state index is 0.0977. The van der Waals surface area contributed by atoms with Crippen LogP contribution >= 0.6 is 0 Å². The van der Waals surface area contributed by atoms with Gasteiger partial charge in [0.05, 0.1) is 26.2 Å². The van der Waals surface area contributed by atoms with Crippen LogP contribution in [0.5, 0.6) is 0 Å². The van der Waals surface area contributed by atoms with Gasteiger partial charge in [-0.3, -0.25) is 4.79 Å². The Balaban J connectivity index is 1.47. The zero-order chi connectivity index (χ0) is 21.8. The summed E-state index contributed by atoms with van der Waals surface area (Å²) in [6.07, 6.45) is 0. The predicted molar refractivity (Wildman–Crippen MR) is 126 cm³/mol. The molecule has 0 aliphatic carbocycles. The van der Waals surface area contributed by atoms with Gasteiger partial charge >= 0.3 is 0 Å². The molecule has 3 nitrogen and oxygen atoms in total. The number of hydrogen-bond acceptors (Lipinski definition) is 1. The number of benzene rings is 3. The number of nitrogens with zero attached hydrogens (tertiary/aromatic N) is 1. The molecule has 31 heavy (non-hydrogen) atoms. The van der Waals surface area contributed by atoms with E-state index in [0.29, 0.717) is 6.04 Å². The Morgan fingerprint density at radius 1 is 0.774 bits per heavy atom. The fraction of sp³-hybridized carbons (Fsp3) is 0.321. The van der Waals surface area contributed by atoms with E-state index in [9.17, 15) is 4.79 Å². The molecule has 0 spiro atoms. The summed E-state index contributed by atoms with van der Waals surface area (Å²) in [6, 6.07) is 29.9. The van der Waals surface area contributed by atoms with Gasteiger partial charge in [-0.25, -0.2) is 0 Å². The van der Waals surface area contributed by atoms with Crippen molar-refractivity contribution in [1.82, 2.24) is 4.90 Å². The first-order valence-electron chi connectivity index (χ1n) is 11.3. The lowest BCUT2D eigenvalue weighted by molar-refractivity contribution is -0.929. The lowest BCUT2D eigenvalue weighted by atomic mass is 9.86. The van der Waals surface area contributed by atoms with Crippen molar-refractivity contribution >= 4 is 5.91 Å². The maximum atomic E-state index is 13.1. The molecule has 0 atom stereocenters. The van der Waals surface area contributed by atoms with Crippen molar-refractivity contribution in [1.29, 1.82) is 0 Å². The van der Waals surface area contributed by atoms with E-state index in [0.717, 1.165) is 31.7 Å². The molecule has 1 amide bonds. The van der Waals surface area contributed by atoms with E-state index in [1.54, 1.807) is 0 Å². The normalized spacial score (nSPS) is 15.3. The molecule has 160 valence electrons. The van der Waals surface area contributed by atoms with E-state index >= 15 is 0 Å². The molecule has 1 aliphatic heterocycles. The van der Waals surface area contributed by atoms with Gasteiger partial charge in [0.15, 0.2) is 0 Å². The lowest BCUT2D eigenvalue weighted by Crippen LogP contribution is -3.15. The number of hydrogen-bond donors (Lipinski definition) is 1. The summed E-state index contributed by atoms with van der Waals surface area (Å²) in [7, 11) is 0. The highest BCUT2D eigenvalue weighted by Crippen LogP contribution is 2.23. The van der Waals surface area contributed by atoms with E-state index in [2.05, 4.69) is 93.6 Å². The summed E-state index contributed by atoms with van der Waals surface area (Å²) in [5, 5.41) is 0. The maximum absolute atomic E-state index is 13.1. The molecule has 1 saturated heterocycles. The first-order valence-corrected chi connectivity index (χ1v) is 11.3. The van der Waals surface area contributed by atoms with Crippen molar-refractivity contribution in [3.63, 3.8) is 0 Å². The van der Waals surface area contributed by atoms with Gasteiger partial charge in [-0.05, 0) is 23.1 Å². The van der Waals surface area contributed by atoms with Crippen LogP contribution in [-0.4, -0.2) is 37.0 Å². The van der Waals surface area contributed by atoms with Gasteiger partial charge in [-0.2, -0.15) is 0 Å². The second kappa shape index (κ2) is 9.07. The fourth-order valence-electron chi connectivity index (χ4n) is 4.54. The number of carbonyl (C=O) groups is 1. The molecule has 1 N–H and O–H groups in total. The second-order valence-electron chi connectivity index (χ2n) is 9.53. The molecular weight excluding hydrogens is 380 g/mol. The van der Waals surface area contributed by atoms with E-state index < -0.39 is 0 Å². The molecule has 1 aliphatic rings. The largest absolute Gasteiger partial charge is 0.327 e. The second-order valence-corrected chi connectivity index (χ2v) is 9.53. The van der Waals surface area contributed by atoms with Crippen LogP contribution in [0.1, 0.15) is 53.9 Å². The predicted octanol–water partition coefficient (Wildman–Crippen LogP) is 4.11. The molecular formula is C28H33N2O+. The van der Waals surface area contributed by atoms with Crippen LogP contribution in [0.4, 0.5) is 0 Å². The summed E-state index contributed by atoms with van der Waals surface area (Å²) in [6.45, 7) is 10.0. The summed E-state index contributed by atoms with van der Waals surface area (Å²) in [5.74, 6) is 0.149. The molecule has 4 rings (SSSR count). The third-order valence-electron chi connectivity index (χ3n) is 6.36. The standard InChI is InChI=1S/C28H32N2O/c1-28(2,3)25-16-14-24(15-17-25)27(31)30-20-18-29(19-21-30)26(22-10-6-4-7-11-22)23-12-8-5-9-13-23/h4-17,26H,18-21H2,1-3H3/p+1. The Kier molecular flexibility index (Phi) is 6.24. The summed E-state index contributed by atoms with van der Waals surface area (Å²) < 4.78 is 0. The smallest absolute Gasteiger partial charge is 0.254 e. The van der Waals surface area contributed by atoms with Crippen LogP contribution in [0.2, 0.25) is 0 Å². The summed E-state index contributed by atoms with van der Waals surface area (Å²) in [5.41, 5.74) is 4.81. The Morgan fingerprint density at radius 2 is 1.26 bits per heavy atom. The molecule has 0 saturated carbocycles. The van der Waals surface area contributed by atoms with Crippen molar-refractivity contribution in [2.75, 3.05) is 26.2 Å². The SMILES string of the molecule is CC(C)(C)c1ccc(C(=O)N2CC[NH+](C(c3ccccc3)c3ccccc3)CC2)cc1. The van der Waals surface area contributed by atoms with Crippen LogP contribution < -0.4 is 4.90 Å². The molecule has 0 radical (unpaired) electrons. The minimum Gasteiger partial charge on any atom is -0.327 e. The van der Waals surface area contributed by atoms with Crippen molar-refractivity contribution < 1.29 is 9.69 Å². The van der Waals surface area contributed by atoms with Crippen LogP contribution in [0.3, 0.4) is 0 Å². The number of quaternary nitrogens is 1. The first-order chi connectivity index (χ1) is 14.9. The minimum atomic E-state index is 0.0977. The highest BCUT2D eigenvalue weighted by molar-refractivity contribution is 5.94. The van der Waals surface area contributed by atoms with Gasteiger partial charge in [0, 0.05) is 16.7 Å². The Morgan fingerprint density at radius 3 is 1.71 bits per heavy atom. The number of amides is 1. The number of piperazine rings is 1. The van der Waals surface area contributed by atoms with Gasteiger partial charge in [-0.15, -0.1) is 0 Å². The number of carbonyl (C=O) groups excluding carboxylic acids is 1. The van der Waals surface area contributed by atoms with Gasteiger partial charge in [-0.1, -0.05) is 93.6 Å². The van der Waals surface area contributed by atoms with Gasteiger partial charge < -0.3 is 9.80 Å². The fourth-order valence-corrected chi connectivity index (χ4v) is 4.54. The average molecular weight is 414 g/mol. The lowest BCUT2D eigenvalue weighted by Gasteiger charge is -2.37. The van der Waals surface area contributed by atoms with Crippen LogP contribution in [-0.2, 0) is 5.41 Å². The molecule has 3 heteroatoms. The van der Waals surface area contributed by atoms with E-state index in [1.807, 2.05) is 17.0 Å². The van der Waals surface area contributed by atoms with Crippen molar-refractivity contribution in [3.8, 4) is 0 Å². The van der Waals surface area contributed by atoms with Crippen LogP contribution in [0, 0.1) is 0 Å². The molecule has 3 aromatic rings. The summed E-state index contributed by atoms with van der Waals surface area (Å²) >= 11 is 0. The molecule has 1 fully saturated rings. The topological polar surface area (TPSA) is 24.8 Å². The number of rotatable bonds is 4. The molecule has 0 unspecified atom stereocenters. The van der Waals surface area contributed by atoms with Crippen molar-refractivity contribution in [3.05, 3.63) is 107 Å².